The molecule has 0 atom stereocenters. The van der Waals surface area contributed by atoms with E-state index in [4.69, 9.17) is 9.63 Å². The molecule has 1 heterocycles. The van der Waals surface area contributed by atoms with Crippen molar-refractivity contribution in [3.05, 3.63) is 17.0 Å². The van der Waals surface area contributed by atoms with Crippen LogP contribution in [0, 0.1) is 5.92 Å². The monoisotopic (exact) mass is 211 g/mol. The fraction of sp³-hybridized carbons (Fsp3) is 0.636. The number of aromatic carboxylic acids is 1. The van der Waals surface area contributed by atoms with Crippen molar-refractivity contribution in [1.82, 2.24) is 5.16 Å². The van der Waals surface area contributed by atoms with Gasteiger partial charge in [0.15, 0.2) is 5.76 Å². The standard InChI is InChI=1S/C11H17NO3/c1-6(2)5-8-9(11(13)14)10(7(3)4)12-15-8/h6-7H,5H2,1-4H3,(H,13,14). The Labute approximate surface area is 89.3 Å². The van der Waals surface area contributed by atoms with E-state index in [1.54, 1.807) is 0 Å². The maximum absolute atomic E-state index is 11.1. The summed E-state index contributed by atoms with van der Waals surface area (Å²) in [5.74, 6) is -0.0337. The van der Waals surface area contributed by atoms with Crippen molar-refractivity contribution in [3.8, 4) is 0 Å². The second kappa shape index (κ2) is 4.47. The van der Waals surface area contributed by atoms with Gasteiger partial charge in [0, 0.05) is 6.42 Å². The van der Waals surface area contributed by atoms with Gasteiger partial charge in [-0.05, 0) is 11.8 Å². The molecule has 4 heteroatoms. The summed E-state index contributed by atoms with van der Waals surface area (Å²) in [6.45, 7) is 7.85. The molecule has 0 fully saturated rings. The lowest BCUT2D eigenvalue weighted by atomic mass is 10.00. The Bertz CT molecular complexity index is 353. The van der Waals surface area contributed by atoms with Gasteiger partial charge in [-0.15, -0.1) is 0 Å². The van der Waals surface area contributed by atoms with Crippen LogP contribution in [-0.2, 0) is 6.42 Å². The summed E-state index contributed by atoms with van der Waals surface area (Å²) in [6, 6.07) is 0. The summed E-state index contributed by atoms with van der Waals surface area (Å²) >= 11 is 0. The van der Waals surface area contributed by atoms with Crippen LogP contribution in [0.5, 0.6) is 0 Å². The predicted molar refractivity (Wildman–Crippen MR) is 56.1 cm³/mol. The van der Waals surface area contributed by atoms with Gasteiger partial charge in [-0.3, -0.25) is 0 Å². The fourth-order valence-electron chi connectivity index (χ4n) is 1.47. The van der Waals surface area contributed by atoms with E-state index in [0.717, 1.165) is 0 Å². The van der Waals surface area contributed by atoms with Crippen molar-refractivity contribution < 1.29 is 14.4 Å². The Hall–Kier alpha value is -1.32. The summed E-state index contributed by atoms with van der Waals surface area (Å²) in [5, 5.41) is 12.9. The lowest BCUT2D eigenvalue weighted by molar-refractivity contribution is 0.0693. The molecule has 84 valence electrons. The van der Waals surface area contributed by atoms with E-state index in [0.29, 0.717) is 23.8 Å². The van der Waals surface area contributed by atoms with Crippen LogP contribution in [0.1, 0.15) is 55.4 Å². The number of carboxylic acids is 1. The van der Waals surface area contributed by atoms with Crippen LogP contribution in [0.4, 0.5) is 0 Å². The van der Waals surface area contributed by atoms with Gasteiger partial charge in [0.1, 0.15) is 11.3 Å². The molecule has 0 aliphatic carbocycles. The van der Waals surface area contributed by atoms with E-state index >= 15 is 0 Å². The Morgan fingerprint density at radius 2 is 2.00 bits per heavy atom. The lowest BCUT2D eigenvalue weighted by Gasteiger charge is -2.03. The van der Waals surface area contributed by atoms with Crippen molar-refractivity contribution in [1.29, 1.82) is 0 Å². The van der Waals surface area contributed by atoms with Crippen molar-refractivity contribution in [3.63, 3.8) is 0 Å². The average Bonchev–Trinajstić information content (AvgIpc) is 2.46. The third kappa shape index (κ3) is 2.58. The zero-order valence-corrected chi connectivity index (χ0v) is 9.57. The molecule has 0 radical (unpaired) electrons. The van der Waals surface area contributed by atoms with Crippen molar-refractivity contribution >= 4 is 5.97 Å². The number of carbonyl (C=O) groups is 1. The molecule has 0 spiro atoms. The third-order valence-corrected chi connectivity index (χ3v) is 2.14. The fourth-order valence-corrected chi connectivity index (χ4v) is 1.47. The first-order valence-electron chi connectivity index (χ1n) is 5.15. The van der Waals surface area contributed by atoms with Gasteiger partial charge in [-0.25, -0.2) is 4.79 Å². The Morgan fingerprint density at radius 3 is 2.40 bits per heavy atom. The Morgan fingerprint density at radius 1 is 1.40 bits per heavy atom. The largest absolute Gasteiger partial charge is 0.477 e. The summed E-state index contributed by atoms with van der Waals surface area (Å²) < 4.78 is 5.10. The second-order valence-electron chi connectivity index (χ2n) is 4.42. The first-order chi connectivity index (χ1) is 6.93. The van der Waals surface area contributed by atoms with E-state index in [1.165, 1.54) is 0 Å². The number of aromatic nitrogens is 1. The molecule has 0 bridgehead atoms. The molecule has 4 nitrogen and oxygen atoms in total. The molecule has 0 saturated carbocycles. The molecule has 15 heavy (non-hydrogen) atoms. The number of hydrogen-bond donors (Lipinski definition) is 1. The summed E-state index contributed by atoms with van der Waals surface area (Å²) in [6.07, 6.45) is 0.612. The molecule has 0 aromatic carbocycles. The molecule has 0 aliphatic heterocycles. The van der Waals surface area contributed by atoms with Crippen LogP contribution >= 0.6 is 0 Å². The quantitative estimate of drug-likeness (QED) is 0.831. The van der Waals surface area contributed by atoms with Gasteiger partial charge in [-0.2, -0.15) is 0 Å². The van der Waals surface area contributed by atoms with Crippen molar-refractivity contribution in [2.45, 2.75) is 40.0 Å². The van der Waals surface area contributed by atoms with E-state index in [9.17, 15) is 4.79 Å². The highest BCUT2D eigenvalue weighted by Gasteiger charge is 2.24. The van der Waals surface area contributed by atoms with Crippen LogP contribution in [-0.4, -0.2) is 16.2 Å². The highest BCUT2D eigenvalue weighted by atomic mass is 16.5. The molecule has 0 amide bonds. The highest BCUT2D eigenvalue weighted by Crippen LogP contribution is 2.23. The van der Waals surface area contributed by atoms with Gasteiger partial charge in [0.25, 0.3) is 0 Å². The summed E-state index contributed by atoms with van der Waals surface area (Å²) in [7, 11) is 0. The van der Waals surface area contributed by atoms with Crippen molar-refractivity contribution in [2.24, 2.45) is 5.92 Å². The second-order valence-corrected chi connectivity index (χ2v) is 4.42. The van der Waals surface area contributed by atoms with Gasteiger partial charge in [0.2, 0.25) is 0 Å². The first kappa shape index (κ1) is 11.8. The molecule has 0 saturated heterocycles. The summed E-state index contributed by atoms with van der Waals surface area (Å²) in [5.41, 5.74) is 0.789. The maximum Gasteiger partial charge on any atom is 0.341 e. The normalized spacial score (nSPS) is 11.3. The maximum atomic E-state index is 11.1. The minimum absolute atomic E-state index is 0.0702. The van der Waals surface area contributed by atoms with Crippen LogP contribution in [0.2, 0.25) is 0 Å². The molecule has 1 aromatic heterocycles. The third-order valence-electron chi connectivity index (χ3n) is 2.14. The number of hydrogen-bond acceptors (Lipinski definition) is 3. The summed E-state index contributed by atoms with van der Waals surface area (Å²) in [4.78, 5) is 11.1. The molecular weight excluding hydrogens is 194 g/mol. The number of nitrogens with zero attached hydrogens (tertiary/aromatic N) is 1. The van der Waals surface area contributed by atoms with Crippen LogP contribution in [0.25, 0.3) is 0 Å². The zero-order valence-electron chi connectivity index (χ0n) is 9.57. The van der Waals surface area contributed by atoms with Gasteiger partial charge in [0.05, 0.1) is 0 Å². The van der Waals surface area contributed by atoms with Crippen LogP contribution < -0.4 is 0 Å². The number of carboxylic acid groups (broad SMARTS) is 1. The minimum Gasteiger partial charge on any atom is -0.477 e. The average molecular weight is 211 g/mol. The first-order valence-corrected chi connectivity index (χ1v) is 5.15. The smallest absolute Gasteiger partial charge is 0.341 e. The van der Waals surface area contributed by atoms with E-state index in [2.05, 4.69) is 5.16 Å². The number of rotatable bonds is 4. The topological polar surface area (TPSA) is 63.3 Å². The van der Waals surface area contributed by atoms with Crippen molar-refractivity contribution in [2.75, 3.05) is 0 Å². The predicted octanol–water partition coefficient (Wildman–Crippen LogP) is 2.69. The molecule has 1 rings (SSSR count). The molecule has 0 unspecified atom stereocenters. The SMILES string of the molecule is CC(C)Cc1onc(C(C)C)c1C(=O)O. The van der Waals surface area contributed by atoms with Gasteiger partial charge < -0.3 is 9.63 Å². The minimum atomic E-state index is -0.949. The van der Waals surface area contributed by atoms with E-state index in [-0.39, 0.29) is 11.5 Å². The van der Waals surface area contributed by atoms with E-state index < -0.39 is 5.97 Å². The van der Waals surface area contributed by atoms with Gasteiger partial charge in [-0.1, -0.05) is 32.9 Å². The zero-order chi connectivity index (χ0) is 11.6. The molecule has 1 N–H and O–H groups in total. The Balaban J connectivity index is 3.12. The Kier molecular flexibility index (Phi) is 3.50. The van der Waals surface area contributed by atoms with E-state index in [1.807, 2.05) is 27.7 Å². The molecular formula is C11H17NO3. The van der Waals surface area contributed by atoms with Crippen LogP contribution in [0.15, 0.2) is 4.52 Å². The molecule has 1 aromatic rings. The van der Waals surface area contributed by atoms with Crippen LogP contribution in [0.3, 0.4) is 0 Å². The lowest BCUT2D eigenvalue weighted by Crippen LogP contribution is -2.06. The molecule has 0 aliphatic rings. The highest BCUT2D eigenvalue weighted by molar-refractivity contribution is 5.90. The van der Waals surface area contributed by atoms with Gasteiger partial charge >= 0.3 is 5.97 Å².